The van der Waals surface area contributed by atoms with Gasteiger partial charge in [0.25, 0.3) is 0 Å². The number of aryl methyl sites for hydroxylation is 1. The summed E-state index contributed by atoms with van der Waals surface area (Å²) in [5.41, 5.74) is 3.08. The number of methoxy groups -OCH3 is 1. The molecule has 0 aliphatic carbocycles. The SMILES string of the molecule is COc1cc(/C=C(/C#N)c2ccc(Cl)cc2)ccc1OC(=O)CCc1ccccc1. The summed E-state index contributed by atoms with van der Waals surface area (Å²) in [6, 6.07) is 24.2. The van der Waals surface area contributed by atoms with Crippen LogP contribution in [0.2, 0.25) is 5.02 Å². The Morgan fingerprint density at radius 1 is 1.03 bits per heavy atom. The first-order chi connectivity index (χ1) is 14.6. The van der Waals surface area contributed by atoms with E-state index in [1.165, 1.54) is 7.11 Å². The molecule has 0 N–H and O–H groups in total. The molecule has 0 aliphatic rings. The number of ether oxygens (including phenoxy) is 2. The molecule has 0 bridgehead atoms. The summed E-state index contributed by atoms with van der Waals surface area (Å²) >= 11 is 5.92. The predicted molar refractivity (Wildman–Crippen MR) is 118 cm³/mol. The van der Waals surface area contributed by atoms with Gasteiger partial charge in [-0.1, -0.05) is 60.1 Å². The van der Waals surface area contributed by atoms with Gasteiger partial charge in [0.05, 0.1) is 18.8 Å². The number of rotatable bonds is 7. The molecule has 0 saturated heterocycles. The molecule has 0 heterocycles. The van der Waals surface area contributed by atoms with Crippen molar-refractivity contribution < 1.29 is 14.3 Å². The molecule has 0 unspecified atom stereocenters. The molecule has 0 saturated carbocycles. The van der Waals surface area contributed by atoms with Gasteiger partial charge in [-0.2, -0.15) is 5.26 Å². The van der Waals surface area contributed by atoms with Gasteiger partial charge in [-0.25, -0.2) is 0 Å². The Balaban J connectivity index is 1.73. The molecule has 0 aliphatic heterocycles. The number of nitrogens with zero attached hydrogens (tertiary/aromatic N) is 1. The minimum absolute atomic E-state index is 0.268. The van der Waals surface area contributed by atoms with E-state index in [1.54, 1.807) is 48.5 Å². The highest BCUT2D eigenvalue weighted by atomic mass is 35.5. The van der Waals surface area contributed by atoms with Gasteiger partial charge in [-0.05, 0) is 53.5 Å². The van der Waals surface area contributed by atoms with Crippen molar-refractivity contribution in [1.82, 2.24) is 0 Å². The van der Waals surface area contributed by atoms with Crippen molar-refractivity contribution in [3.8, 4) is 17.6 Å². The van der Waals surface area contributed by atoms with E-state index in [0.717, 1.165) is 16.7 Å². The first-order valence-electron chi connectivity index (χ1n) is 9.39. The molecule has 0 fully saturated rings. The molecule has 0 atom stereocenters. The van der Waals surface area contributed by atoms with Gasteiger partial charge in [-0.15, -0.1) is 0 Å². The first-order valence-corrected chi connectivity index (χ1v) is 9.77. The summed E-state index contributed by atoms with van der Waals surface area (Å²) in [5.74, 6) is 0.433. The number of nitriles is 1. The van der Waals surface area contributed by atoms with Crippen LogP contribution in [0.5, 0.6) is 11.5 Å². The Labute approximate surface area is 180 Å². The molecule has 3 rings (SSSR count). The van der Waals surface area contributed by atoms with E-state index >= 15 is 0 Å². The Hall–Kier alpha value is -3.55. The van der Waals surface area contributed by atoms with Gasteiger partial charge in [0.2, 0.25) is 0 Å². The van der Waals surface area contributed by atoms with Gasteiger partial charge in [0.1, 0.15) is 0 Å². The van der Waals surface area contributed by atoms with E-state index in [9.17, 15) is 10.1 Å². The third-order valence-corrected chi connectivity index (χ3v) is 4.71. The van der Waals surface area contributed by atoms with E-state index in [-0.39, 0.29) is 12.4 Å². The van der Waals surface area contributed by atoms with Crippen LogP contribution in [0.3, 0.4) is 0 Å². The van der Waals surface area contributed by atoms with Crippen LogP contribution in [0.15, 0.2) is 72.8 Å². The molecular formula is C25H20ClNO3. The lowest BCUT2D eigenvalue weighted by atomic mass is 10.0. The van der Waals surface area contributed by atoms with Crippen molar-refractivity contribution in [1.29, 1.82) is 5.26 Å². The van der Waals surface area contributed by atoms with Gasteiger partial charge in [0.15, 0.2) is 11.5 Å². The largest absolute Gasteiger partial charge is 0.493 e. The Morgan fingerprint density at radius 3 is 2.43 bits per heavy atom. The number of carbonyl (C=O) groups excluding carboxylic acids is 1. The molecule has 30 heavy (non-hydrogen) atoms. The van der Waals surface area contributed by atoms with Crippen LogP contribution in [-0.2, 0) is 11.2 Å². The van der Waals surface area contributed by atoms with E-state index in [4.69, 9.17) is 21.1 Å². The lowest BCUT2D eigenvalue weighted by Gasteiger charge is -2.10. The quantitative estimate of drug-likeness (QED) is 0.206. The molecule has 4 nitrogen and oxygen atoms in total. The van der Waals surface area contributed by atoms with Crippen molar-refractivity contribution in [2.75, 3.05) is 7.11 Å². The lowest BCUT2D eigenvalue weighted by Crippen LogP contribution is -2.09. The van der Waals surface area contributed by atoms with Gasteiger partial charge in [0, 0.05) is 11.4 Å². The fraction of sp³-hybridized carbons (Fsp3) is 0.120. The monoisotopic (exact) mass is 417 g/mol. The number of benzene rings is 3. The van der Waals surface area contributed by atoms with E-state index < -0.39 is 0 Å². The van der Waals surface area contributed by atoms with Crippen molar-refractivity contribution in [2.45, 2.75) is 12.8 Å². The maximum Gasteiger partial charge on any atom is 0.311 e. The summed E-state index contributed by atoms with van der Waals surface area (Å²) in [6.45, 7) is 0. The van der Waals surface area contributed by atoms with Crippen molar-refractivity contribution in [3.63, 3.8) is 0 Å². The number of halogens is 1. The summed E-state index contributed by atoms with van der Waals surface area (Å²) in [4.78, 5) is 12.2. The topological polar surface area (TPSA) is 59.3 Å². The Morgan fingerprint density at radius 2 is 1.77 bits per heavy atom. The first kappa shape index (κ1) is 21.2. The van der Waals surface area contributed by atoms with Crippen LogP contribution in [0.1, 0.15) is 23.1 Å². The number of hydrogen-bond donors (Lipinski definition) is 0. The Bertz CT molecular complexity index is 1080. The zero-order valence-corrected chi connectivity index (χ0v) is 17.2. The summed E-state index contributed by atoms with van der Waals surface area (Å²) in [5, 5.41) is 10.1. The van der Waals surface area contributed by atoms with Crippen LogP contribution in [-0.4, -0.2) is 13.1 Å². The molecule has 0 spiro atoms. The predicted octanol–water partition coefficient (Wildman–Crippen LogP) is 5.95. The molecule has 0 aromatic heterocycles. The summed E-state index contributed by atoms with van der Waals surface area (Å²) in [7, 11) is 1.51. The second kappa shape index (κ2) is 10.3. The maximum absolute atomic E-state index is 12.2. The van der Waals surface area contributed by atoms with Crippen LogP contribution in [0.25, 0.3) is 11.6 Å². The van der Waals surface area contributed by atoms with Gasteiger partial charge >= 0.3 is 5.97 Å². The molecule has 0 radical (unpaired) electrons. The van der Waals surface area contributed by atoms with Crippen LogP contribution >= 0.6 is 11.6 Å². The highest BCUT2D eigenvalue weighted by Gasteiger charge is 2.11. The lowest BCUT2D eigenvalue weighted by molar-refractivity contribution is -0.134. The standard InChI is InChI=1S/C25H20ClNO3/c1-29-24-16-19(15-21(17-27)20-9-11-22(26)12-10-20)7-13-23(24)30-25(28)14-8-18-5-3-2-4-6-18/h2-7,9-13,15-16H,8,14H2,1H3/b21-15-. The fourth-order valence-corrected chi connectivity index (χ4v) is 3.03. The van der Waals surface area contributed by atoms with Gasteiger partial charge in [-0.3, -0.25) is 4.79 Å². The second-order valence-corrected chi connectivity index (χ2v) is 6.98. The van der Waals surface area contributed by atoms with E-state index in [2.05, 4.69) is 6.07 Å². The highest BCUT2D eigenvalue weighted by molar-refractivity contribution is 6.30. The molecule has 5 heteroatoms. The van der Waals surface area contributed by atoms with Crippen molar-refractivity contribution >= 4 is 29.2 Å². The fourth-order valence-electron chi connectivity index (χ4n) is 2.90. The summed E-state index contributed by atoms with van der Waals surface area (Å²) < 4.78 is 10.9. The van der Waals surface area contributed by atoms with E-state index in [0.29, 0.717) is 28.5 Å². The smallest absolute Gasteiger partial charge is 0.311 e. The summed E-state index contributed by atoms with van der Waals surface area (Å²) in [6.07, 6.45) is 2.62. The third-order valence-electron chi connectivity index (χ3n) is 4.46. The maximum atomic E-state index is 12.2. The molecule has 0 amide bonds. The van der Waals surface area contributed by atoms with Crippen LogP contribution in [0, 0.1) is 11.3 Å². The van der Waals surface area contributed by atoms with E-state index in [1.807, 2.05) is 30.3 Å². The van der Waals surface area contributed by atoms with Crippen LogP contribution < -0.4 is 9.47 Å². The molecular weight excluding hydrogens is 398 g/mol. The average molecular weight is 418 g/mol. The minimum Gasteiger partial charge on any atom is -0.493 e. The van der Waals surface area contributed by atoms with Crippen molar-refractivity contribution in [2.24, 2.45) is 0 Å². The molecule has 3 aromatic rings. The molecule has 3 aromatic carbocycles. The Kier molecular flexibility index (Phi) is 7.26. The number of allylic oxidation sites excluding steroid dienone is 1. The number of hydrogen-bond acceptors (Lipinski definition) is 4. The normalized spacial score (nSPS) is 10.9. The molecule has 150 valence electrons. The highest BCUT2D eigenvalue weighted by Crippen LogP contribution is 2.30. The minimum atomic E-state index is -0.334. The average Bonchev–Trinajstić information content (AvgIpc) is 2.78. The number of carbonyl (C=O) groups is 1. The second-order valence-electron chi connectivity index (χ2n) is 6.55. The zero-order chi connectivity index (χ0) is 21.3. The number of esters is 1. The third kappa shape index (κ3) is 5.73. The van der Waals surface area contributed by atoms with Crippen LogP contribution in [0.4, 0.5) is 0 Å². The van der Waals surface area contributed by atoms with Gasteiger partial charge < -0.3 is 9.47 Å². The van der Waals surface area contributed by atoms with Crippen molar-refractivity contribution in [3.05, 3.63) is 94.5 Å². The zero-order valence-electron chi connectivity index (χ0n) is 16.5.